The maximum Gasteiger partial charge on any atom is 0.267 e. The average Bonchev–Trinajstić information content (AvgIpc) is 3.24. The molecule has 0 bridgehead atoms. The van der Waals surface area contributed by atoms with E-state index in [2.05, 4.69) is 20.9 Å². The highest BCUT2D eigenvalue weighted by molar-refractivity contribution is 6.47. The van der Waals surface area contributed by atoms with Gasteiger partial charge in [-0.3, -0.25) is 24.7 Å². The smallest absolute Gasteiger partial charge is 0.267 e. The second-order valence-electron chi connectivity index (χ2n) is 6.60. The monoisotopic (exact) mass is 425 g/mol. The summed E-state index contributed by atoms with van der Waals surface area (Å²) in [5.41, 5.74) is 5.20. The predicted octanol–water partition coefficient (Wildman–Crippen LogP) is 0.384. The van der Waals surface area contributed by atoms with Gasteiger partial charge in [-0.25, -0.2) is 0 Å². The van der Waals surface area contributed by atoms with Crippen molar-refractivity contribution in [3.63, 3.8) is 0 Å². The lowest BCUT2D eigenvalue weighted by molar-refractivity contribution is -0.123. The third-order valence-electron chi connectivity index (χ3n) is 4.98. The quantitative estimate of drug-likeness (QED) is 0.505. The van der Waals surface area contributed by atoms with Crippen molar-refractivity contribution in [1.29, 1.82) is 0 Å². The van der Waals surface area contributed by atoms with Gasteiger partial charge in [0.15, 0.2) is 5.54 Å². The Morgan fingerprint density at radius 3 is 2.16 bits per heavy atom. The third-order valence-corrected chi connectivity index (χ3v) is 4.98. The molecule has 5 N–H and O–H groups in total. The van der Waals surface area contributed by atoms with E-state index in [1.54, 1.807) is 42.5 Å². The lowest BCUT2D eigenvalue weighted by atomic mass is 9.84. The lowest BCUT2D eigenvalue weighted by Gasteiger charge is -2.27. The van der Waals surface area contributed by atoms with Crippen LogP contribution in [-0.2, 0) is 15.1 Å². The van der Waals surface area contributed by atoms with Crippen molar-refractivity contribution in [2.24, 2.45) is 10.7 Å². The van der Waals surface area contributed by atoms with Crippen LogP contribution in [0.3, 0.4) is 0 Å². The van der Waals surface area contributed by atoms with Gasteiger partial charge in [0.25, 0.3) is 11.8 Å². The number of benzene rings is 2. The van der Waals surface area contributed by atoms with Crippen molar-refractivity contribution in [3.05, 3.63) is 53.6 Å². The van der Waals surface area contributed by atoms with E-state index in [1.807, 2.05) is 0 Å². The number of anilines is 1. The number of primary amides is 1. The molecule has 0 radical (unpaired) electrons. The van der Waals surface area contributed by atoms with E-state index < -0.39 is 23.3 Å². The molecule has 0 aliphatic carbocycles. The molecule has 0 saturated carbocycles. The van der Waals surface area contributed by atoms with Gasteiger partial charge in [0.2, 0.25) is 5.91 Å². The van der Waals surface area contributed by atoms with Crippen LogP contribution in [0.15, 0.2) is 47.5 Å². The fourth-order valence-electron chi connectivity index (χ4n) is 3.46. The van der Waals surface area contributed by atoms with Crippen LogP contribution >= 0.6 is 0 Å². The number of carbonyl (C=O) groups excluding carboxylic acids is 3. The van der Waals surface area contributed by atoms with Gasteiger partial charge < -0.3 is 25.8 Å². The Hall–Kier alpha value is -3.92. The largest absolute Gasteiger partial charge is 0.496 e. The van der Waals surface area contributed by atoms with Crippen molar-refractivity contribution in [1.82, 2.24) is 10.6 Å². The van der Waals surface area contributed by atoms with Crippen LogP contribution in [-0.4, -0.2) is 51.4 Å². The second-order valence-corrected chi connectivity index (χ2v) is 6.60. The molecule has 162 valence electrons. The van der Waals surface area contributed by atoms with Gasteiger partial charge in [0.05, 0.1) is 20.9 Å². The highest BCUT2D eigenvalue weighted by atomic mass is 16.5. The van der Waals surface area contributed by atoms with Crippen molar-refractivity contribution in [2.75, 3.05) is 33.3 Å². The molecule has 31 heavy (non-hydrogen) atoms. The molecule has 1 heterocycles. The summed E-state index contributed by atoms with van der Waals surface area (Å²) < 4.78 is 10.5. The van der Waals surface area contributed by atoms with Gasteiger partial charge in [-0.15, -0.1) is 0 Å². The molecule has 0 fully saturated rings. The molecule has 1 atom stereocenters. The standard InChI is InChI=1S/C21H23N5O5/c1-23-19(28)17-21(20(22)29,25-11-24-17)12-7-9-13(10-8-12)26-18(27)16-14(30-2)5-4-6-15(16)31-3/h4-10,25H,11H2,1-3H3,(H2,22,29)(H,23,28)(H,26,27). The summed E-state index contributed by atoms with van der Waals surface area (Å²) in [5, 5.41) is 8.14. The number of nitrogens with one attached hydrogen (secondary N) is 3. The van der Waals surface area contributed by atoms with E-state index in [-0.39, 0.29) is 17.9 Å². The van der Waals surface area contributed by atoms with E-state index in [0.29, 0.717) is 22.7 Å². The SMILES string of the molecule is CNC(=O)C1=NCNC1(C(N)=O)c1ccc(NC(=O)c2c(OC)cccc2OC)cc1. The van der Waals surface area contributed by atoms with Crippen LogP contribution in [0.5, 0.6) is 11.5 Å². The topological polar surface area (TPSA) is 144 Å². The van der Waals surface area contributed by atoms with Crippen molar-refractivity contribution in [2.45, 2.75) is 5.54 Å². The Morgan fingerprint density at radius 1 is 1.03 bits per heavy atom. The van der Waals surface area contributed by atoms with E-state index in [0.717, 1.165) is 0 Å². The molecule has 0 saturated heterocycles. The number of nitrogens with zero attached hydrogens (tertiary/aromatic N) is 1. The minimum Gasteiger partial charge on any atom is -0.496 e. The number of amides is 3. The van der Waals surface area contributed by atoms with Crippen molar-refractivity contribution in [3.8, 4) is 11.5 Å². The number of carbonyl (C=O) groups is 3. The Balaban J connectivity index is 1.90. The molecule has 10 heteroatoms. The summed E-state index contributed by atoms with van der Waals surface area (Å²) in [4.78, 5) is 41.5. The van der Waals surface area contributed by atoms with E-state index >= 15 is 0 Å². The zero-order chi connectivity index (χ0) is 22.6. The Bertz CT molecular complexity index is 1030. The fourth-order valence-corrected chi connectivity index (χ4v) is 3.46. The zero-order valence-corrected chi connectivity index (χ0v) is 17.3. The van der Waals surface area contributed by atoms with Crippen LogP contribution in [0, 0.1) is 0 Å². The summed E-state index contributed by atoms with van der Waals surface area (Å²) in [7, 11) is 4.37. The Kier molecular flexibility index (Phi) is 6.21. The normalized spacial score (nSPS) is 17.5. The van der Waals surface area contributed by atoms with Gasteiger partial charge in [-0.05, 0) is 29.8 Å². The zero-order valence-electron chi connectivity index (χ0n) is 17.3. The molecule has 10 nitrogen and oxygen atoms in total. The van der Waals surface area contributed by atoms with Crippen LogP contribution in [0.4, 0.5) is 5.69 Å². The number of rotatable bonds is 7. The van der Waals surface area contributed by atoms with Crippen molar-refractivity contribution >= 4 is 29.1 Å². The van der Waals surface area contributed by atoms with E-state index in [9.17, 15) is 14.4 Å². The third kappa shape index (κ3) is 3.80. The van der Waals surface area contributed by atoms with Gasteiger partial charge >= 0.3 is 0 Å². The first-order chi connectivity index (χ1) is 14.9. The summed E-state index contributed by atoms with van der Waals surface area (Å²) in [6.07, 6.45) is 0. The number of ether oxygens (including phenoxy) is 2. The first-order valence-corrected chi connectivity index (χ1v) is 9.33. The maximum atomic E-state index is 12.8. The number of hydrogen-bond donors (Lipinski definition) is 4. The van der Waals surface area contributed by atoms with Crippen molar-refractivity contribution < 1.29 is 23.9 Å². The molecule has 0 aromatic heterocycles. The summed E-state index contributed by atoms with van der Waals surface area (Å²) in [5.74, 6) is -0.976. The maximum absolute atomic E-state index is 12.8. The van der Waals surface area contributed by atoms with Gasteiger partial charge in [0, 0.05) is 12.7 Å². The molecular weight excluding hydrogens is 402 g/mol. The van der Waals surface area contributed by atoms with Gasteiger partial charge in [-0.1, -0.05) is 18.2 Å². The molecule has 2 aromatic carbocycles. The summed E-state index contributed by atoms with van der Waals surface area (Å²) >= 11 is 0. The first kappa shape index (κ1) is 21.8. The predicted molar refractivity (Wildman–Crippen MR) is 114 cm³/mol. The average molecular weight is 425 g/mol. The van der Waals surface area contributed by atoms with Crippen LogP contribution in [0.1, 0.15) is 15.9 Å². The van der Waals surface area contributed by atoms with E-state index in [4.69, 9.17) is 15.2 Å². The van der Waals surface area contributed by atoms with Crippen LogP contribution in [0.2, 0.25) is 0 Å². The lowest BCUT2D eigenvalue weighted by Crippen LogP contribution is -2.58. The second kappa shape index (κ2) is 8.84. The summed E-state index contributed by atoms with van der Waals surface area (Å²) in [6, 6.07) is 11.4. The number of nitrogens with two attached hydrogens (primary N) is 1. The van der Waals surface area contributed by atoms with Crippen LogP contribution in [0.25, 0.3) is 0 Å². The number of hydrogen-bond acceptors (Lipinski definition) is 7. The Labute approximate surface area is 178 Å². The highest BCUT2D eigenvalue weighted by Crippen LogP contribution is 2.31. The fraction of sp³-hybridized carbons (Fsp3) is 0.238. The minimum absolute atomic E-state index is 0.0157. The van der Waals surface area contributed by atoms with E-state index in [1.165, 1.54) is 21.3 Å². The van der Waals surface area contributed by atoms with Gasteiger partial charge in [0.1, 0.15) is 22.8 Å². The van der Waals surface area contributed by atoms with Gasteiger partial charge in [-0.2, -0.15) is 0 Å². The molecule has 1 unspecified atom stereocenters. The first-order valence-electron chi connectivity index (χ1n) is 9.33. The molecular formula is C21H23N5O5. The molecule has 3 rings (SSSR count). The molecule has 1 aliphatic heterocycles. The highest BCUT2D eigenvalue weighted by Gasteiger charge is 2.49. The number of methoxy groups -OCH3 is 2. The molecule has 2 aromatic rings. The molecule has 1 aliphatic rings. The summed E-state index contributed by atoms with van der Waals surface area (Å²) in [6.45, 7) is 0.0672. The minimum atomic E-state index is -1.56. The molecule has 0 spiro atoms. The molecule has 3 amide bonds. The number of aliphatic imine (C=N–C) groups is 1. The Morgan fingerprint density at radius 2 is 1.65 bits per heavy atom. The van der Waals surface area contributed by atoms with Crippen LogP contribution < -0.4 is 31.2 Å².